The van der Waals surface area contributed by atoms with Crippen LogP contribution < -0.4 is 5.32 Å². The molecule has 2 aromatic rings. The Hall–Kier alpha value is -1.58. The molecule has 0 saturated carbocycles. The van der Waals surface area contributed by atoms with Gasteiger partial charge in [0.15, 0.2) is 0 Å². The van der Waals surface area contributed by atoms with Gasteiger partial charge in [0, 0.05) is 19.1 Å². The summed E-state index contributed by atoms with van der Waals surface area (Å²) < 4.78 is 5.55. The van der Waals surface area contributed by atoms with Gasteiger partial charge in [0.2, 0.25) is 0 Å². The highest BCUT2D eigenvalue weighted by Crippen LogP contribution is 2.10. The van der Waals surface area contributed by atoms with E-state index < -0.39 is 0 Å². The van der Waals surface area contributed by atoms with Gasteiger partial charge in [0.05, 0.1) is 6.54 Å². The summed E-state index contributed by atoms with van der Waals surface area (Å²) in [7, 11) is 2.16. The Morgan fingerprint density at radius 1 is 1.10 bits per heavy atom. The molecule has 0 saturated heterocycles. The molecule has 0 radical (unpaired) electrons. The van der Waals surface area contributed by atoms with E-state index in [9.17, 15) is 0 Å². The first kappa shape index (κ1) is 15.8. The van der Waals surface area contributed by atoms with Crippen LogP contribution in [0.15, 0.2) is 40.8 Å². The minimum absolute atomic E-state index is 0.564. The van der Waals surface area contributed by atoms with Gasteiger partial charge in [-0.1, -0.05) is 24.3 Å². The molecule has 0 bridgehead atoms. The fourth-order valence-electron chi connectivity index (χ4n) is 2.22. The standard InChI is InChI=1S/C18H26N2O/c1-14(2)20(4)13-17-7-5-6-16(10-17)11-19-12-18-9-8-15(3)21-18/h5-10,14,19H,11-13H2,1-4H3. The molecule has 21 heavy (non-hydrogen) atoms. The average molecular weight is 286 g/mol. The number of hydrogen-bond acceptors (Lipinski definition) is 3. The Bertz CT molecular complexity index is 560. The van der Waals surface area contributed by atoms with Crippen LogP contribution in [0.3, 0.4) is 0 Å². The number of aryl methyl sites for hydroxylation is 1. The zero-order valence-electron chi connectivity index (χ0n) is 13.5. The van der Waals surface area contributed by atoms with Crippen molar-refractivity contribution in [1.29, 1.82) is 0 Å². The first-order valence-electron chi connectivity index (χ1n) is 7.58. The van der Waals surface area contributed by atoms with Crippen molar-refractivity contribution >= 4 is 0 Å². The molecule has 114 valence electrons. The SMILES string of the molecule is Cc1ccc(CNCc2cccc(CN(C)C(C)C)c2)o1. The van der Waals surface area contributed by atoms with E-state index in [1.165, 1.54) is 11.1 Å². The molecule has 0 unspecified atom stereocenters. The normalized spacial score (nSPS) is 11.5. The third-order valence-corrected chi connectivity index (χ3v) is 3.73. The van der Waals surface area contributed by atoms with Crippen molar-refractivity contribution in [2.24, 2.45) is 0 Å². The van der Waals surface area contributed by atoms with Gasteiger partial charge in [-0.05, 0) is 51.1 Å². The van der Waals surface area contributed by atoms with Crippen LogP contribution in [0.5, 0.6) is 0 Å². The molecule has 0 aliphatic heterocycles. The predicted molar refractivity (Wildman–Crippen MR) is 87.0 cm³/mol. The Labute approximate surface area is 128 Å². The lowest BCUT2D eigenvalue weighted by atomic mass is 10.1. The van der Waals surface area contributed by atoms with Crippen molar-refractivity contribution in [1.82, 2.24) is 10.2 Å². The molecule has 1 N–H and O–H groups in total. The first-order chi connectivity index (χ1) is 10.0. The molecule has 0 spiro atoms. The Kier molecular flexibility index (Phi) is 5.59. The van der Waals surface area contributed by atoms with Crippen molar-refractivity contribution in [2.45, 2.75) is 46.4 Å². The molecule has 0 amide bonds. The van der Waals surface area contributed by atoms with Crippen LogP contribution in [0.2, 0.25) is 0 Å². The number of benzene rings is 1. The lowest BCUT2D eigenvalue weighted by Gasteiger charge is -2.21. The zero-order valence-corrected chi connectivity index (χ0v) is 13.5. The maximum absolute atomic E-state index is 5.55. The molecule has 1 aromatic heterocycles. The third-order valence-electron chi connectivity index (χ3n) is 3.73. The topological polar surface area (TPSA) is 28.4 Å². The highest BCUT2D eigenvalue weighted by atomic mass is 16.3. The van der Waals surface area contributed by atoms with E-state index in [4.69, 9.17) is 4.42 Å². The number of furan rings is 1. The van der Waals surface area contributed by atoms with Crippen LogP contribution in [-0.4, -0.2) is 18.0 Å². The van der Waals surface area contributed by atoms with E-state index in [1.54, 1.807) is 0 Å². The zero-order chi connectivity index (χ0) is 15.2. The van der Waals surface area contributed by atoms with E-state index in [1.807, 2.05) is 19.1 Å². The molecule has 0 aliphatic carbocycles. The van der Waals surface area contributed by atoms with Crippen LogP contribution in [-0.2, 0) is 19.6 Å². The van der Waals surface area contributed by atoms with E-state index in [-0.39, 0.29) is 0 Å². The van der Waals surface area contributed by atoms with Crippen LogP contribution in [0.1, 0.15) is 36.5 Å². The molecule has 0 aliphatic rings. The maximum atomic E-state index is 5.55. The first-order valence-corrected chi connectivity index (χ1v) is 7.58. The Morgan fingerprint density at radius 3 is 2.52 bits per heavy atom. The summed E-state index contributed by atoms with van der Waals surface area (Å²) >= 11 is 0. The fraction of sp³-hybridized carbons (Fsp3) is 0.444. The largest absolute Gasteiger partial charge is 0.465 e. The van der Waals surface area contributed by atoms with E-state index in [0.29, 0.717) is 6.04 Å². The molecule has 3 heteroatoms. The summed E-state index contributed by atoms with van der Waals surface area (Å²) in [5.41, 5.74) is 2.67. The lowest BCUT2D eigenvalue weighted by molar-refractivity contribution is 0.266. The summed E-state index contributed by atoms with van der Waals surface area (Å²) in [6.07, 6.45) is 0. The molecule has 1 aromatic carbocycles. The lowest BCUT2D eigenvalue weighted by Crippen LogP contribution is -2.25. The van der Waals surface area contributed by atoms with Crippen molar-refractivity contribution < 1.29 is 4.42 Å². The van der Waals surface area contributed by atoms with Gasteiger partial charge in [-0.3, -0.25) is 4.90 Å². The number of nitrogens with one attached hydrogen (secondary N) is 1. The van der Waals surface area contributed by atoms with Gasteiger partial charge < -0.3 is 9.73 Å². The second-order valence-electron chi connectivity index (χ2n) is 5.94. The van der Waals surface area contributed by atoms with Crippen LogP contribution in [0, 0.1) is 6.92 Å². The van der Waals surface area contributed by atoms with Gasteiger partial charge in [-0.15, -0.1) is 0 Å². The summed E-state index contributed by atoms with van der Waals surface area (Å²) in [6, 6.07) is 13.4. The molecule has 0 fully saturated rings. The summed E-state index contributed by atoms with van der Waals surface area (Å²) in [5, 5.41) is 3.43. The number of hydrogen-bond donors (Lipinski definition) is 1. The van der Waals surface area contributed by atoms with E-state index in [0.717, 1.165) is 31.2 Å². The van der Waals surface area contributed by atoms with Gasteiger partial charge in [0.1, 0.15) is 11.5 Å². The highest BCUT2D eigenvalue weighted by molar-refractivity contribution is 5.23. The molecule has 1 heterocycles. The molecule has 2 rings (SSSR count). The molecule has 0 atom stereocenters. The molecule has 3 nitrogen and oxygen atoms in total. The summed E-state index contributed by atoms with van der Waals surface area (Å²) in [4.78, 5) is 2.35. The van der Waals surface area contributed by atoms with Crippen molar-refractivity contribution in [3.05, 3.63) is 59.0 Å². The smallest absolute Gasteiger partial charge is 0.117 e. The fourth-order valence-corrected chi connectivity index (χ4v) is 2.22. The Balaban J connectivity index is 1.86. The summed E-state index contributed by atoms with van der Waals surface area (Å²) in [5.74, 6) is 1.95. The average Bonchev–Trinajstić information content (AvgIpc) is 2.85. The van der Waals surface area contributed by atoms with Gasteiger partial charge in [-0.25, -0.2) is 0 Å². The van der Waals surface area contributed by atoms with Crippen LogP contribution >= 0.6 is 0 Å². The highest BCUT2D eigenvalue weighted by Gasteiger charge is 2.05. The predicted octanol–water partition coefficient (Wildman–Crippen LogP) is 3.72. The van der Waals surface area contributed by atoms with E-state index >= 15 is 0 Å². The number of rotatable bonds is 7. The van der Waals surface area contributed by atoms with Crippen molar-refractivity contribution in [3.8, 4) is 0 Å². The third kappa shape index (κ3) is 5.03. The number of nitrogens with zero attached hydrogens (tertiary/aromatic N) is 1. The van der Waals surface area contributed by atoms with Gasteiger partial charge in [0.25, 0.3) is 0 Å². The van der Waals surface area contributed by atoms with Crippen molar-refractivity contribution in [2.75, 3.05) is 7.05 Å². The molecular formula is C18H26N2O. The molecular weight excluding hydrogens is 260 g/mol. The quantitative estimate of drug-likeness (QED) is 0.841. The second-order valence-corrected chi connectivity index (χ2v) is 5.94. The Morgan fingerprint density at radius 2 is 1.86 bits per heavy atom. The minimum Gasteiger partial charge on any atom is -0.465 e. The minimum atomic E-state index is 0.564. The van der Waals surface area contributed by atoms with Gasteiger partial charge in [-0.2, -0.15) is 0 Å². The summed E-state index contributed by atoms with van der Waals surface area (Å²) in [6.45, 7) is 9.03. The second kappa shape index (κ2) is 7.43. The monoisotopic (exact) mass is 286 g/mol. The van der Waals surface area contributed by atoms with Crippen LogP contribution in [0.25, 0.3) is 0 Å². The van der Waals surface area contributed by atoms with Gasteiger partial charge >= 0.3 is 0 Å². The van der Waals surface area contributed by atoms with Crippen LogP contribution in [0.4, 0.5) is 0 Å². The maximum Gasteiger partial charge on any atom is 0.117 e. The van der Waals surface area contributed by atoms with Crippen molar-refractivity contribution in [3.63, 3.8) is 0 Å². The van der Waals surface area contributed by atoms with E-state index in [2.05, 4.69) is 55.4 Å².